The molecular formula is C65H87Cl2N7O18S. The number of carbonyl (C=O) groups excluding carboxylic acids is 10. The Labute approximate surface area is 557 Å². The van der Waals surface area contributed by atoms with Gasteiger partial charge in [0.1, 0.15) is 35.6 Å². The van der Waals surface area contributed by atoms with Gasteiger partial charge < -0.3 is 69.8 Å². The lowest BCUT2D eigenvalue weighted by Crippen LogP contribution is -2.53. The van der Waals surface area contributed by atoms with E-state index in [9.17, 15) is 53.1 Å². The second kappa shape index (κ2) is 34.0. The van der Waals surface area contributed by atoms with Crippen LogP contribution in [0.25, 0.3) is 0 Å². The number of ether oxygens (including phenoxy) is 6. The van der Waals surface area contributed by atoms with Gasteiger partial charge in [-0.3, -0.25) is 33.6 Å². The number of thiocarbonyl (C=S) groups is 1. The zero-order valence-corrected chi connectivity index (χ0v) is 56.6. The number of nitrogens with two attached hydrogens (primary N) is 1. The molecule has 2 aromatic carbocycles. The standard InChI is InChI=1S/C65H87Cl2N7O18S/c1-36(2)44(32-52(93)69-22-24-88-26-25-87-23-20-56(79)92-74-53(76)18-19-54(74)77)60(81)71-46(14-12-21-70-63(68)84)48(75)31-41-16-17-43(45(66)29-41)61(82)72(8)40(6)62(83)90-51-33-55(78)73(9)47-30-42(28-38(4)58(47)67)27-37(3)13-11-15-50(86-10)65(85)34-49(89-57(80)35-65)39(5)59-64(51,7)91-59/h11,13,15-17,28-30,36,39-40,44,46,49-51,59,85H,12,14,18-27,31-35H2,1-10H3,(H,69,93)(H,71,81)(H3,68,70,84)/b15-11+,37-13+/t39-,40+,44+,46+,49+,50-,51+,59+,64+,65-/m1/s1. The van der Waals surface area contributed by atoms with Crippen molar-refractivity contribution in [3.05, 3.63) is 86.4 Å². The lowest BCUT2D eigenvalue weighted by molar-refractivity contribution is -0.198. The number of hydrogen-bond acceptors (Lipinski definition) is 19. The van der Waals surface area contributed by atoms with Crippen molar-refractivity contribution in [2.75, 3.05) is 65.6 Å². The van der Waals surface area contributed by atoms with Crippen LogP contribution in [0.4, 0.5) is 10.5 Å². The number of aliphatic hydroxyl groups is 1. The summed E-state index contributed by atoms with van der Waals surface area (Å²) in [5, 5.41) is 21.3. The number of ketones is 1. The highest BCUT2D eigenvalue weighted by Crippen LogP contribution is 2.50. The first-order valence-electron chi connectivity index (χ1n) is 31.0. The molecule has 0 spiro atoms. The Balaban J connectivity index is 1.09. The molecule has 4 aliphatic heterocycles. The minimum absolute atomic E-state index is 0.00775. The molecule has 28 heteroatoms. The highest BCUT2D eigenvalue weighted by atomic mass is 35.5. The van der Waals surface area contributed by atoms with E-state index in [0.717, 1.165) is 21.6 Å². The molecule has 3 fully saturated rings. The Morgan fingerprint density at radius 2 is 1.63 bits per heavy atom. The van der Waals surface area contributed by atoms with Crippen LogP contribution in [0.5, 0.6) is 0 Å². The third-order valence-corrected chi connectivity index (χ3v) is 18.3. The lowest BCUT2D eigenvalue weighted by Gasteiger charge is -2.41. The van der Waals surface area contributed by atoms with Gasteiger partial charge in [-0.25, -0.2) is 14.4 Å². The van der Waals surface area contributed by atoms with Gasteiger partial charge in [-0.15, -0.1) is 5.06 Å². The van der Waals surface area contributed by atoms with E-state index in [4.69, 9.17) is 74.4 Å². The Hall–Kier alpha value is -6.91. The molecule has 0 aromatic heterocycles. The number of primary amides is 1. The Kier molecular flexibility index (Phi) is 27.4. The van der Waals surface area contributed by atoms with Crippen molar-refractivity contribution in [1.82, 2.24) is 25.9 Å². The number of likely N-dealkylation sites (N-methyl/N-ethyl adjacent to an activating group) is 1. The summed E-state index contributed by atoms with van der Waals surface area (Å²) in [5.74, 6) is -6.94. The topological polar surface area (TPSA) is 331 Å². The van der Waals surface area contributed by atoms with Gasteiger partial charge in [-0.1, -0.05) is 92.1 Å². The number of urea groups is 1. The Morgan fingerprint density at radius 3 is 2.29 bits per heavy atom. The lowest BCUT2D eigenvalue weighted by atomic mass is 9.78. The van der Waals surface area contributed by atoms with Gasteiger partial charge in [-0.05, 0) is 87.8 Å². The molecule has 0 radical (unpaired) electrons. The second-order valence-electron chi connectivity index (χ2n) is 24.6. The quantitative estimate of drug-likeness (QED) is 0.0236. The number of anilines is 1. The van der Waals surface area contributed by atoms with Crippen LogP contribution < -0.4 is 26.6 Å². The summed E-state index contributed by atoms with van der Waals surface area (Å²) >= 11 is 19.3. The number of benzene rings is 2. The van der Waals surface area contributed by atoms with Crippen LogP contribution in [0.3, 0.4) is 0 Å². The summed E-state index contributed by atoms with van der Waals surface area (Å²) < 4.78 is 35.2. The van der Waals surface area contributed by atoms with E-state index in [1.807, 2.05) is 45.9 Å². The first-order valence-corrected chi connectivity index (χ1v) is 32.2. The third-order valence-electron chi connectivity index (χ3n) is 17.2. The number of hydroxylamine groups is 2. The van der Waals surface area contributed by atoms with Crippen molar-refractivity contribution in [3.8, 4) is 0 Å². The SMILES string of the molecule is CO[C@@H]1/C=C/C=C(\C)Cc2cc(C)c(Cl)c(c2)N(C)C(=O)C[C@H](OC(=O)[C@H](C)N(C)C(=O)c2ccc(CC(=O)[C@H](CCCNC(N)=O)NC(=O)[C@@H](CC(=S)NCCOCCOCCC(=O)ON3C(=O)CCC3=O)C(C)C)cc2Cl)[C@]2(C)O[C@H]2[C@H](C)[C@@H]2C[C@@]1(O)CC(=O)O2. The smallest absolute Gasteiger partial charge is 0.335 e. The monoisotopic (exact) mass is 1360 g/mol. The van der Waals surface area contributed by atoms with E-state index in [2.05, 4.69) is 16.0 Å². The minimum Gasteiger partial charge on any atom is -0.462 e. The zero-order chi connectivity index (χ0) is 68.6. The van der Waals surface area contributed by atoms with Gasteiger partial charge in [0, 0.05) is 78.2 Å². The molecule has 0 unspecified atom stereocenters. The Bertz CT molecular complexity index is 3190. The molecule has 93 heavy (non-hydrogen) atoms. The number of fused-ring (bicyclic) bond motifs is 5. The molecule has 6 rings (SSSR count). The maximum absolute atomic E-state index is 14.5. The van der Waals surface area contributed by atoms with E-state index in [1.165, 1.54) is 44.2 Å². The molecule has 510 valence electrons. The normalized spacial score (nSPS) is 24.3. The minimum atomic E-state index is -1.66. The van der Waals surface area contributed by atoms with Crippen molar-refractivity contribution in [2.24, 2.45) is 23.5 Å². The largest absolute Gasteiger partial charge is 0.462 e. The fourth-order valence-corrected chi connectivity index (χ4v) is 12.2. The van der Waals surface area contributed by atoms with Crippen LogP contribution in [-0.2, 0) is 84.5 Å². The van der Waals surface area contributed by atoms with Gasteiger partial charge in [0.05, 0.1) is 84.1 Å². The first-order chi connectivity index (χ1) is 43.9. The molecule has 10 atom stereocenters. The molecule has 4 aliphatic rings. The first kappa shape index (κ1) is 75.1. The van der Waals surface area contributed by atoms with Crippen molar-refractivity contribution >= 4 is 105 Å². The maximum atomic E-state index is 14.5. The average Bonchev–Trinajstić information content (AvgIpc) is 1.58. The maximum Gasteiger partial charge on any atom is 0.335 e. The summed E-state index contributed by atoms with van der Waals surface area (Å²) in [5.41, 5.74) is 5.60. The van der Waals surface area contributed by atoms with Gasteiger partial charge in [0.15, 0.2) is 5.78 Å². The highest BCUT2D eigenvalue weighted by Gasteiger charge is 2.64. The fourth-order valence-electron chi connectivity index (χ4n) is 11.4. The number of nitrogens with zero attached hydrogens (tertiary/aromatic N) is 3. The molecule has 7 amide bonds. The number of esters is 2. The molecule has 25 nitrogen and oxygen atoms in total. The molecule has 0 saturated carbocycles. The highest BCUT2D eigenvalue weighted by molar-refractivity contribution is 7.80. The summed E-state index contributed by atoms with van der Waals surface area (Å²) in [4.78, 5) is 139. The van der Waals surface area contributed by atoms with Gasteiger partial charge in [0.2, 0.25) is 11.8 Å². The number of halogens is 2. The van der Waals surface area contributed by atoms with Crippen molar-refractivity contribution in [3.63, 3.8) is 0 Å². The molecule has 4 bridgehead atoms. The number of carbonyl (C=O) groups is 10. The van der Waals surface area contributed by atoms with E-state index >= 15 is 0 Å². The predicted octanol–water partition coefficient (Wildman–Crippen LogP) is 5.69. The molecule has 2 aromatic rings. The van der Waals surface area contributed by atoms with Crippen molar-refractivity contribution in [1.29, 1.82) is 0 Å². The van der Waals surface area contributed by atoms with Gasteiger partial charge in [-0.2, -0.15) is 0 Å². The summed E-state index contributed by atoms with van der Waals surface area (Å²) in [6.07, 6.45) is 1.38. The molecular weight excluding hydrogens is 1270 g/mol. The number of rotatable bonds is 27. The van der Waals surface area contributed by atoms with E-state index in [0.29, 0.717) is 39.3 Å². The predicted molar refractivity (Wildman–Crippen MR) is 345 cm³/mol. The van der Waals surface area contributed by atoms with Crippen LogP contribution in [-0.4, -0.2) is 188 Å². The zero-order valence-electron chi connectivity index (χ0n) is 54.3. The number of epoxide rings is 1. The van der Waals surface area contributed by atoms with Gasteiger partial charge >= 0.3 is 23.9 Å². The van der Waals surface area contributed by atoms with E-state index < -0.39 is 125 Å². The van der Waals surface area contributed by atoms with Crippen LogP contribution in [0, 0.1) is 24.7 Å². The number of Topliss-reactive ketones (excluding diaryl/α,β-unsaturated/α-hetero) is 1. The summed E-state index contributed by atoms with van der Waals surface area (Å²) in [7, 11) is 4.40. The molecule has 6 N–H and O–H groups in total. The average molecular weight is 1360 g/mol. The summed E-state index contributed by atoms with van der Waals surface area (Å²) in [6, 6.07) is 5.05. The van der Waals surface area contributed by atoms with Crippen LogP contribution in [0.15, 0.2) is 54.1 Å². The van der Waals surface area contributed by atoms with Crippen LogP contribution in [0.1, 0.15) is 126 Å². The van der Waals surface area contributed by atoms with Crippen LogP contribution >= 0.6 is 35.4 Å². The molecule has 3 saturated heterocycles. The second-order valence-corrected chi connectivity index (χ2v) is 25.9. The number of allylic oxidation sites excluding steroid dienone is 3. The summed E-state index contributed by atoms with van der Waals surface area (Å²) in [6.45, 7) is 13.3. The Morgan fingerprint density at radius 1 is 0.946 bits per heavy atom. The number of methoxy groups -OCH3 is 1. The van der Waals surface area contributed by atoms with Crippen molar-refractivity contribution < 1.29 is 86.3 Å². The number of nitrogens with one attached hydrogen (secondary N) is 3. The van der Waals surface area contributed by atoms with Crippen LogP contribution in [0.2, 0.25) is 10.0 Å². The molecule has 0 aliphatic carbocycles. The fraction of sp³-hybridized carbons (Fsp3) is 0.585. The number of hydrogen-bond donors (Lipinski definition) is 5. The van der Waals surface area contributed by atoms with E-state index in [-0.39, 0.29) is 107 Å². The number of imide groups is 1. The van der Waals surface area contributed by atoms with E-state index in [1.54, 1.807) is 33.0 Å². The number of aryl methyl sites for hydroxylation is 1. The van der Waals surface area contributed by atoms with Crippen molar-refractivity contribution in [2.45, 2.75) is 167 Å². The third kappa shape index (κ3) is 20.5. The number of amides is 7. The van der Waals surface area contributed by atoms with Gasteiger partial charge in [0.25, 0.3) is 17.7 Å². The molecule has 4 heterocycles.